The van der Waals surface area contributed by atoms with Gasteiger partial charge in [-0.15, -0.1) is 11.3 Å². The molecular formula is C34H33N3O7S. The van der Waals surface area contributed by atoms with Crippen molar-refractivity contribution in [1.29, 1.82) is 0 Å². The summed E-state index contributed by atoms with van der Waals surface area (Å²) in [5, 5.41) is 8.45. The van der Waals surface area contributed by atoms with Crippen LogP contribution in [0.3, 0.4) is 0 Å². The lowest BCUT2D eigenvalue weighted by Gasteiger charge is -2.18. The average Bonchev–Trinajstić information content (AvgIpc) is 3.39. The van der Waals surface area contributed by atoms with E-state index in [-0.39, 0.29) is 17.4 Å². The Labute approximate surface area is 264 Å². The fraction of sp³-hybridized carbons (Fsp3) is 0.265. The van der Waals surface area contributed by atoms with Crippen molar-refractivity contribution in [3.05, 3.63) is 87.8 Å². The minimum atomic E-state index is -1.03. The second-order valence-corrected chi connectivity index (χ2v) is 11.6. The Balaban J connectivity index is 1.33. The zero-order chi connectivity index (χ0) is 31.9. The summed E-state index contributed by atoms with van der Waals surface area (Å²) >= 11 is 1.29. The molecule has 0 radical (unpaired) electrons. The van der Waals surface area contributed by atoms with E-state index in [2.05, 4.69) is 22.8 Å². The van der Waals surface area contributed by atoms with Crippen molar-refractivity contribution in [2.24, 2.45) is 11.0 Å². The Morgan fingerprint density at radius 3 is 2.49 bits per heavy atom. The number of hydrazone groups is 1. The smallest absolute Gasteiger partial charge is 0.343 e. The van der Waals surface area contributed by atoms with Gasteiger partial charge in [0.2, 0.25) is 0 Å². The van der Waals surface area contributed by atoms with Crippen LogP contribution in [-0.2, 0) is 27.2 Å². The van der Waals surface area contributed by atoms with Crippen LogP contribution in [0.15, 0.2) is 65.8 Å². The highest BCUT2D eigenvalue weighted by Gasteiger charge is 2.30. The first-order valence-electron chi connectivity index (χ1n) is 14.7. The van der Waals surface area contributed by atoms with Gasteiger partial charge < -0.3 is 19.5 Å². The lowest BCUT2D eigenvalue weighted by Crippen LogP contribution is -2.32. The summed E-state index contributed by atoms with van der Waals surface area (Å²) in [7, 11) is 0. The van der Waals surface area contributed by atoms with Gasteiger partial charge in [-0.25, -0.2) is 15.0 Å². The zero-order valence-electron chi connectivity index (χ0n) is 25.2. The van der Waals surface area contributed by atoms with Crippen molar-refractivity contribution < 1.29 is 33.4 Å². The topological polar surface area (TPSA) is 132 Å². The molecular weight excluding hydrogens is 594 g/mol. The molecule has 45 heavy (non-hydrogen) atoms. The highest BCUT2D eigenvalue weighted by molar-refractivity contribution is 7.17. The third-order valence-corrected chi connectivity index (χ3v) is 8.49. The van der Waals surface area contributed by atoms with E-state index in [1.54, 1.807) is 37.3 Å². The summed E-state index contributed by atoms with van der Waals surface area (Å²) in [4.78, 5) is 52.4. The van der Waals surface area contributed by atoms with Gasteiger partial charge in [0.05, 0.1) is 30.6 Å². The lowest BCUT2D eigenvalue weighted by atomic mass is 9.88. The van der Waals surface area contributed by atoms with E-state index in [0.29, 0.717) is 41.4 Å². The zero-order valence-corrected chi connectivity index (χ0v) is 26.0. The molecule has 0 bridgehead atoms. The molecule has 4 aromatic rings. The van der Waals surface area contributed by atoms with Gasteiger partial charge in [-0.2, -0.15) is 5.10 Å². The van der Waals surface area contributed by atoms with Gasteiger partial charge in [0.15, 0.2) is 0 Å². The minimum absolute atomic E-state index is 0.189. The first-order valence-corrected chi connectivity index (χ1v) is 15.5. The maximum Gasteiger partial charge on any atom is 0.343 e. The van der Waals surface area contributed by atoms with Crippen LogP contribution < -0.4 is 20.2 Å². The number of amides is 2. The second kappa shape index (κ2) is 14.2. The van der Waals surface area contributed by atoms with E-state index in [9.17, 15) is 19.2 Å². The standard InChI is InChI=1S/C34H33N3O7S/c1-4-42-23-14-11-22(12-15-23)33(40)44-27-17-13-21-8-6-7-9-24(21)26(27)19-35-37-31(39)30(38)36-32-29(34(41)43-5-2)25-16-10-20(3)18-28(25)45-32/h6-9,11-15,17,19-20H,4-5,10,16,18H2,1-3H3,(H,36,38)(H,37,39)/b35-19+. The Kier molecular flexibility index (Phi) is 9.89. The summed E-state index contributed by atoms with van der Waals surface area (Å²) in [5.74, 6) is -1.83. The van der Waals surface area contributed by atoms with Crippen LogP contribution in [0.1, 0.15) is 63.9 Å². The number of thiophene rings is 1. The Morgan fingerprint density at radius 1 is 0.956 bits per heavy atom. The number of fused-ring (bicyclic) bond motifs is 2. The van der Waals surface area contributed by atoms with Gasteiger partial charge in [-0.1, -0.05) is 37.3 Å². The monoisotopic (exact) mass is 627 g/mol. The van der Waals surface area contributed by atoms with Crippen LogP contribution >= 0.6 is 11.3 Å². The molecule has 1 heterocycles. The van der Waals surface area contributed by atoms with E-state index >= 15 is 0 Å². The third kappa shape index (κ3) is 7.21. The van der Waals surface area contributed by atoms with Crippen LogP contribution in [0, 0.1) is 5.92 Å². The molecule has 5 rings (SSSR count). The van der Waals surface area contributed by atoms with Gasteiger partial charge in [0, 0.05) is 10.4 Å². The number of nitrogens with zero attached hydrogens (tertiary/aromatic N) is 1. The van der Waals surface area contributed by atoms with Crippen molar-refractivity contribution in [1.82, 2.24) is 5.43 Å². The Bertz CT molecular complexity index is 1780. The fourth-order valence-electron chi connectivity index (χ4n) is 5.13. The molecule has 0 saturated carbocycles. The highest BCUT2D eigenvalue weighted by Crippen LogP contribution is 2.40. The molecule has 1 aliphatic rings. The largest absolute Gasteiger partial charge is 0.494 e. The highest BCUT2D eigenvalue weighted by atomic mass is 32.1. The number of carbonyl (C=O) groups is 4. The number of esters is 2. The average molecular weight is 628 g/mol. The van der Waals surface area contributed by atoms with E-state index in [4.69, 9.17) is 14.2 Å². The van der Waals surface area contributed by atoms with Gasteiger partial charge in [0.25, 0.3) is 0 Å². The fourth-order valence-corrected chi connectivity index (χ4v) is 6.53. The molecule has 0 saturated heterocycles. The van der Waals surface area contributed by atoms with Crippen LogP contribution in [0.2, 0.25) is 0 Å². The van der Waals surface area contributed by atoms with Crippen molar-refractivity contribution in [2.45, 2.75) is 40.0 Å². The number of hydrogen-bond acceptors (Lipinski definition) is 9. The molecule has 10 nitrogen and oxygen atoms in total. The predicted molar refractivity (Wildman–Crippen MR) is 172 cm³/mol. The van der Waals surface area contributed by atoms with Gasteiger partial charge in [-0.3, -0.25) is 9.59 Å². The van der Waals surface area contributed by atoms with Gasteiger partial charge in [-0.05, 0) is 85.7 Å². The summed E-state index contributed by atoms with van der Waals surface area (Å²) < 4.78 is 16.4. The minimum Gasteiger partial charge on any atom is -0.494 e. The Morgan fingerprint density at radius 2 is 1.73 bits per heavy atom. The first kappa shape index (κ1) is 31.4. The molecule has 1 aromatic heterocycles. The molecule has 2 amide bonds. The molecule has 232 valence electrons. The maximum absolute atomic E-state index is 13.0. The van der Waals surface area contributed by atoms with Crippen LogP contribution in [0.4, 0.5) is 5.00 Å². The van der Waals surface area contributed by atoms with Crippen molar-refractivity contribution in [3.63, 3.8) is 0 Å². The molecule has 11 heteroatoms. The Hall–Kier alpha value is -5.03. The molecule has 1 atom stereocenters. The molecule has 0 fully saturated rings. The van der Waals surface area contributed by atoms with Crippen molar-refractivity contribution in [3.8, 4) is 11.5 Å². The van der Waals surface area contributed by atoms with Crippen molar-refractivity contribution in [2.75, 3.05) is 18.5 Å². The van der Waals surface area contributed by atoms with E-state index in [1.807, 2.05) is 37.3 Å². The number of benzene rings is 3. The molecule has 1 aliphatic carbocycles. The number of ether oxygens (including phenoxy) is 3. The second-order valence-electron chi connectivity index (χ2n) is 10.5. The molecule has 0 aliphatic heterocycles. The van der Waals surface area contributed by atoms with Crippen LogP contribution in [0.25, 0.3) is 10.8 Å². The summed E-state index contributed by atoms with van der Waals surface area (Å²) in [6.07, 6.45) is 3.73. The van der Waals surface area contributed by atoms with Crippen LogP contribution in [-0.4, -0.2) is 43.2 Å². The number of carbonyl (C=O) groups excluding carboxylic acids is 4. The number of hydrogen-bond donors (Lipinski definition) is 2. The quantitative estimate of drug-likeness (QED) is 0.0775. The first-order chi connectivity index (χ1) is 21.8. The molecule has 0 spiro atoms. The third-order valence-electron chi connectivity index (χ3n) is 7.32. The predicted octanol–water partition coefficient (Wildman–Crippen LogP) is 5.91. The summed E-state index contributed by atoms with van der Waals surface area (Å²) in [6, 6.07) is 17.5. The molecule has 3 aromatic carbocycles. The molecule has 1 unspecified atom stereocenters. The van der Waals surface area contributed by atoms with Crippen molar-refractivity contribution >= 4 is 57.1 Å². The normalized spacial score (nSPS) is 14.1. The number of anilines is 1. The molecule has 2 N–H and O–H groups in total. The summed E-state index contributed by atoms with van der Waals surface area (Å²) in [6.45, 7) is 6.42. The maximum atomic E-state index is 13.0. The number of rotatable bonds is 9. The SMILES string of the molecule is CCOC(=O)c1c(NC(=O)C(=O)N/N=C/c2c(OC(=O)c3ccc(OCC)cc3)ccc3ccccc23)sc2c1CCC(C)C2. The van der Waals surface area contributed by atoms with Crippen LogP contribution in [0.5, 0.6) is 11.5 Å². The lowest BCUT2D eigenvalue weighted by molar-refractivity contribution is -0.136. The van der Waals surface area contributed by atoms with Gasteiger partial charge >= 0.3 is 23.8 Å². The van der Waals surface area contributed by atoms with E-state index < -0.39 is 23.8 Å². The summed E-state index contributed by atoms with van der Waals surface area (Å²) in [5.41, 5.74) is 4.17. The van der Waals surface area contributed by atoms with E-state index in [0.717, 1.165) is 34.1 Å². The van der Waals surface area contributed by atoms with E-state index in [1.165, 1.54) is 17.6 Å². The van der Waals surface area contributed by atoms with Gasteiger partial charge in [0.1, 0.15) is 16.5 Å². The number of nitrogens with one attached hydrogen (secondary N) is 2.